The second kappa shape index (κ2) is 18.7. The fraction of sp³-hybridized carbons (Fsp3) is 0.422. The molecule has 13 heteroatoms. The molecule has 2 aromatic heterocycles. The van der Waals surface area contributed by atoms with Crippen LogP contribution in [-0.4, -0.2) is 98.1 Å². The number of cyclic esters (lactones) is 1. The molecule has 0 saturated carbocycles. The fourth-order valence-electron chi connectivity index (χ4n) is 7.70. The second-order valence-electron chi connectivity index (χ2n) is 16.2. The van der Waals surface area contributed by atoms with Gasteiger partial charge in [0, 0.05) is 49.0 Å². The number of aliphatic hydroxyl groups excluding tert-OH is 1. The Kier molecular flexibility index (Phi) is 13.6. The van der Waals surface area contributed by atoms with Crippen LogP contribution in [0.5, 0.6) is 0 Å². The third-order valence-corrected chi connectivity index (χ3v) is 11.1. The summed E-state index contributed by atoms with van der Waals surface area (Å²) in [6.45, 7) is 10.8. The van der Waals surface area contributed by atoms with Crippen molar-refractivity contribution in [2.75, 3.05) is 26.2 Å². The number of benzene rings is 2. The molecule has 4 heterocycles. The van der Waals surface area contributed by atoms with Crippen LogP contribution in [-0.2, 0) is 38.6 Å². The molecule has 2 aliphatic heterocycles. The number of aliphatic hydroxyl groups is 1. The Morgan fingerprint density at radius 1 is 0.966 bits per heavy atom. The SMILES string of the molecule is CC[C@H](C)[C@@H](C(=O)N[C@@H](Cc1ccccc1)[C@@H](O)CN(Cc1ccc(-c2ccccn2)cc1)NC(=O)C1C(=O)OCC1(C)C)N1CCN(Cc2cccc(C)n2)C1=O. The lowest BCUT2D eigenvalue weighted by atomic mass is 9.81. The first kappa shape index (κ1) is 42.0. The molecule has 4 amide bonds. The van der Waals surface area contributed by atoms with E-state index in [4.69, 9.17) is 4.74 Å². The number of rotatable bonds is 17. The maximum atomic E-state index is 14.5. The van der Waals surface area contributed by atoms with Crippen molar-refractivity contribution in [3.8, 4) is 11.3 Å². The molecule has 58 heavy (non-hydrogen) atoms. The fourth-order valence-corrected chi connectivity index (χ4v) is 7.70. The third kappa shape index (κ3) is 10.3. The Labute approximate surface area is 340 Å². The van der Waals surface area contributed by atoms with Gasteiger partial charge in [-0.2, -0.15) is 0 Å². The van der Waals surface area contributed by atoms with Crippen LogP contribution in [0.3, 0.4) is 0 Å². The summed E-state index contributed by atoms with van der Waals surface area (Å²) in [5.74, 6) is -2.74. The quantitative estimate of drug-likeness (QED) is 0.0768. The number of hydrogen-bond donors (Lipinski definition) is 3. The maximum Gasteiger partial charge on any atom is 0.321 e. The number of esters is 1. The van der Waals surface area contributed by atoms with Gasteiger partial charge in [-0.05, 0) is 54.7 Å². The van der Waals surface area contributed by atoms with E-state index in [2.05, 4.69) is 20.7 Å². The van der Waals surface area contributed by atoms with Crippen molar-refractivity contribution in [3.63, 3.8) is 0 Å². The summed E-state index contributed by atoms with van der Waals surface area (Å²) >= 11 is 0. The summed E-state index contributed by atoms with van der Waals surface area (Å²) in [5.41, 5.74) is 7.28. The van der Waals surface area contributed by atoms with Gasteiger partial charge in [0.2, 0.25) is 11.8 Å². The zero-order chi connectivity index (χ0) is 41.4. The highest BCUT2D eigenvalue weighted by atomic mass is 16.5. The van der Waals surface area contributed by atoms with Gasteiger partial charge >= 0.3 is 12.0 Å². The van der Waals surface area contributed by atoms with Crippen LogP contribution in [0.2, 0.25) is 0 Å². The largest absolute Gasteiger partial charge is 0.464 e. The number of hydrazine groups is 1. The summed E-state index contributed by atoms with van der Waals surface area (Å²) < 4.78 is 5.27. The highest BCUT2D eigenvalue weighted by molar-refractivity contribution is 5.99. The minimum absolute atomic E-state index is 0.0956. The van der Waals surface area contributed by atoms with Crippen LogP contribution in [0.1, 0.15) is 56.6 Å². The molecule has 5 atom stereocenters. The number of pyridine rings is 2. The smallest absolute Gasteiger partial charge is 0.321 e. The van der Waals surface area contributed by atoms with Crippen LogP contribution < -0.4 is 10.7 Å². The molecule has 2 aliphatic rings. The summed E-state index contributed by atoms with van der Waals surface area (Å²) in [6, 6.07) is 26.8. The average Bonchev–Trinajstić information content (AvgIpc) is 3.70. The molecule has 306 valence electrons. The molecule has 0 bridgehead atoms. The van der Waals surface area contributed by atoms with Crippen molar-refractivity contribution >= 4 is 23.8 Å². The van der Waals surface area contributed by atoms with Crippen molar-refractivity contribution < 1.29 is 29.0 Å². The Morgan fingerprint density at radius 3 is 2.36 bits per heavy atom. The predicted octanol–water partition coefficient (Wildman–Crippen LogP) is 4.93. The van der Waals surface area contributed by atoms with Gasteiger partial charge in [-0.15, -0.1) is 0 Å². The van der Waals surface area contributed by atoms with E-state index in [1.807, 2.05) is 112 Å². The van der Waals surface area contributed by atoms with Crippen LogP contribution in [0, 0.1) is 24.2 Å². The number of ether oxygens (including phenoxy) is 1. The van der Waals surface area contributed by atoms with E-state index in [1.165, 1.54) is 0 Å². The number of carbonyl (C=O) groups is 4. The first-order valence-electron chi connectivity index (χ1n) is 20.1. The maximum absolute atomic E-state index is 14.5. The van der Waals surface area contributed by atoms with E-state index >= 15 is 0 Å². The number of urea groups is 1. The zero-order valence-electron chi connectivity index (χ0n) is 34.0. The Balaban J connectivity index is 1.24. The summed E-state index contributed by atoms with van der Waals surface area (Å²) in [6.07, 6.45) is 1.46. The lowest BCUT2D eigenvalue weighted by molar-refractivity contribution is -0.147. The molecule has 2 fully saturated rings. The number of nitrogens with one attached hydrogen (secondary N) is 2. The summed E-state index contributed by atoms with van der Waals surface area (Å²) in [7, 11) is 0. The molecule has 3 N–H and O–H groups in total. The van der Waals surface area contributed by atoms with Crippen molar-refractivity contribution in [2.24, 2.45) is 17.3 Å². The van der Waals surface area contributed by atoms with E-state index in [1.54, 1.807) is 34.9 Å². The number of aromatic nitrogens is 2. The minimum atomic E-state index is -1.20. The lowest BCUT2D eigenvalue weighted by Crippen LogP contribution is -2.58. The predicted molar refractivity (Wildman–Crippen MR) is 219 cm³/mol. The van der Waals surface area contributed by atoms with Crippen molar-refractivity contribution in [1.82, 2.24) is 35.5 Å². The summed E-state index contributed by atoms with van der Waals surface area (Å²) in [5, 5.41) is 16.8. The zero-order valence-corrected chi connectivity index (χ0v) is 34.0. The van der Waals surface area contributed by atoms with Gasteiger partial charge in [0.05, 0.1) is 36.7 Å². The van der Waals surface area contributed by atoms with E-state index in [-0.39, 0.29) is 44.0 Å². The van der Waals surface area contributed by atoms with Crippen LogP contribution in [0.25, 0.3) is 11.3 Å². The van der Waals surface area contributed by atoms with Crippen molar-refractivity contribution in [3.05, 3.63) is 120 Å². The molecular weight excluding hydrogens is 735 g/mol. The van der Waals surface area contributed by atoms with Crippen LogP contribution in [0.4, 0.5) is 4.79 Å². The first-order chi connectivity index (χ1) is 27.8. The second-order valence-corrected chi connectivity index (χ2v) is 16.2. The lowest BCUT2D eigenvalue weighted by Gasteiger charge is -2.35. The van der Waals surface area contributed by atoms with Gasteiger partial charge in [-0.25, -0.2) is 9.80 Å². The van der Waals surface area contributed by atoms with Crippen molar-refractivity contribution in [2.45, 2.75) is 78.7 Å². The van der Waals surface area contributed by atoms with Gasteiger partial charge < -0.3 is 25.0 Å². The van der Waals surface area contributed by atoms with Crippen LogP contribution in [0.15, 0.2) is 97.2 Å². The van der Waals surface area contributed by atoms with Gasteiger partial charge in [0.1, 0.15) is 12.0 Å². The number of carbonyl (C=O) groups excluding carboxylic acids is 4. The topological polar surface area (TPSA) is 157 Å². The van der Waals surface area contributed by atoms with Gasteiger partial charge in [0.15, 0.2) is 0 Å². The first-order valence-corrected chi connectivity index (χ1v) is 20.1. The van der Waals surface area contributed by atoms with E-state index in [0.29, 0.717) is 26.1 Å². The Hall–Kier alpha value is -5.66. The molecule has 2 saturated heterocycles. The molecule has 0 spiro atoms. The monoisotopic (exact) mass is 789 g/mol. The Bertz CT molecular complexity index is 2030. The average molecular weight is 790 g/mol. The normalized spacial score (nSPS) is 18.4. The standard InChI is InChI=1S/C45H55N7O6/c1-6-30(2)40(52-24-23-50(44(52)57)27-35-16-12-13-31(3)47-35)42(55)48-37(25-32-14-8-7-9-15-32)38(53)28-51(49-41(54)39-43(56)58-29-45(39,4)5)26-33-18-20-34(21-19-33)36-17-10-11-22-46-36/h7-22,30,37-40,53H,6,23-29H2,1-5H3,(H,48,55)(H,49,54)/t30-,37-,38-,39?,40-/m0/s1. The highest BCUT2D eigenvalue weighted by Gasteiger charge is 2.49. The molecule has 1 unspecified atom stereocenters. The third-order valence-electron chi connectivity index (χ3n) is 11.1. The molecule has 13 nitrogen and oxygen atoms in total. The number of hydrogen-bond acceptors (Lipinski definition) is 9. The summed E-state index contributed by atoms with van der Waals surface area (Å²) in [4.78, 5) is 67.3. The molecule has 0 radical (unpaired) electrons. The molecule has 6 rings (SSSR count). The van der Waals surface area contributed by atoms with Crippen LogP contribution >= 0.6 is 0 Å². The molecule has 0 aliphatic carbocycles. The molecule has 2 aromatic carbocycles. The van der Waals surface area contributed by atoms with E-state index in [0.717, 1.165) is 33.8 Å². The number of nitrogens with zero attached hydrogens (tertiary/aromatic N) is 5. The minimum Gasteiger partial charge on any atom is -0.464 e. The van der Waals surface area contributed by atoms with Crippen molar-refractivity contribution in [1.29, 1.82) is 0 Å². The van der Waals surface area contributed by atoms with E-state index < -0.39 is 41.4 Å². The highest BCUT2D eigenvalue weighted by Crippen LogP contribution is 2.34. The number of amides is 4. The van der Waals surface area contributed by atoms with Gasteiger partial charge in [0.25, 0.3) is 0 Å². The van der Waals surface area contributed by atoms with E-state index in [9.17, 15) is 24.3 Å². The van der Waals surface area contributed by atoms with Gasteiger partial charge in [-0.1, -0.05) is 101 Å². The Morgan fingerprint density at radius 2 is 1.71 bits per heavy atom. The van der Waals surface area contributed by atoms with Gasteiger partial charge in [-0.3, -0.25) is 29.8 Å². The number of aryl methyl sites for hydroxylation is 1. The molecule has 4 aromatic rings. The molecular formula is C45H55N7O6.